The summed E-state index contributed by atoms with van der Waals surface area (Å²) in [5, 5.41) is 3.09. The SMILES string of the molecule is COC(=O)c1sc(-c2cccc(NC3CCN(c4ccccn4)CC3C(F)(F)F)c2)cc1OCC(=O)OC(C)(C)C. The molecule has 1 aromatic carbocycles. The largest absolute Gasteiger partial charge is 0.480 e. The van der Waals surface area contributed by atoms with Crippen LogP contribution in [0.15, 0.2) is 54.7 Å². The van der Waals surface area contributed by atoms with Gasteiger partial charge >= 0.3 is 18.1 Å². The number of rotatable bonds is 8. The number of carbonyl (C=O) groups is 2. The van der Waals surface area contributed by atoms with Crippen LogP contribution in [0.4, 0.5) is 24.7 Å². The molecule has 1 saturated heterocycles. The van der Waals surface area contributed by atoms with Gasteiger partial charge in [0.25, 0.3) is 0 Å². The molecule has 0 saturated carbocycles. The predicted octanol–water partition coefficient (Wildman–Crippen LogP) is 6.19. The lowest BCUT2D eigenvalue weighted by Crippen LogP contribution is -2.52. The Balaban J connectivity index is 1.52. The summed E-state index contributed by atoms with van der Waals surface area (Å²) in [7, 11) is 1.24. The normalized spacial score (nSPS) is 17.6. The number of halogens is 3. The van der Waals surface area contributed by atoms with Gasteiger partial charge in [0.2, 0.25) is 0 Å². The fraction of sp³-hybridized carbons (Fsp3) is 0.414. The van der Waals surface area contributed by atoms with Gasteiger partial charge in [0.15, 0.2) is 11.5 Å². The second kappa shape index (κ2) is 12.4. The Bertz CT molecular complexity index is 1360. The van der Waals surface area contributed by atoms with Crippen molar-refractivity contribution in [1.29, 1.82) is 0 Å². The van der Waals surface area contributed by atoms with E-state index in [1.165, 1.54) is 7.11 Å². The summed E-state index contributed by atoms with van der Waals surface area (Å²) in [5.41, 5.74) is 0.475. The second-order valence-corrected chi connectivity index (χ2v) is 11.6. The van der Waals surface area contributed by atoms with Gasteiger partial charge in [0, 0.05) is 35.9 Å². The summed E-state index contributed by atoms with van der Waals surface area (Å²) in [6.45, 7) is 5.01. The van der Waals surface area contributed by atoms with Gasteiger partial charge in [-0.25, -0.2) is 14.6 Å². The smallest absolute Gasteiger partial charge is 0.395 e. The van der Waals surface area contributed by atoms with Gasteiger partial charge < -0.3 is 24.4 Å². The number of esters is 2. The van der Waals surface area contributed by atoms with Crippen LogP contribution in [0.5, 0.6) is 5.75 Å². The predicted molar refractivity (Wildman–Crippen MR) is 150 cm³/mol. The fourth-order valence-electron chi connectivity index (χ4n) is 4.55. The lowest BCUT2D eigenvalue weighted by molar-refractivity contribution is -0.178. The van der Waals surface area contributed by atoms with E-state index in [1.807, 2.05) is 0 Å². The quantitative estimate of drug-likeness (QED) is 0.311. The second-order valence-electron chi connectivity index (χ2n) is 10.6. The van der Waals surface area contributed by atoms with Crippen molar-refractivity contribution in [2.75, 3.05) is 37.0 Å². The Morgan fingerprint density at radius 1 is 1.12 bits per heavy atom. The summed E-state index contributed by atoms with van der Waals surface area (Å²) >= 11 is 1.09. The maximum absolute atomic E-state index is 14.1. The first-order chi connectivity index (χ1) is 19.3. The van der Waals surface area contributed by atoms with E-state index in [1.54, 1.807) is 80.4 Å². The van der Waals surface area contributed by atoms with Crippen molar-refractivity contribution < 1.29 is 37.0 Å². The van der Waals surface area contributed by atoms with E-state index < -0.39 is 42.3 Å². The lowest BCUT2D eigenvalue weighted by atomic mass is 9.91. The van der Waals surface area contributed by atoms with Gasteiger partial charge in [-0.2, -0.15) is 13.2 Å². The first kappa shape index (κ1) is 30.2. The van der Waals surface area contributed by atoms with Crippen LogP contribution < -0.4 is 15.0 Å². The van der Waals surface area contributed by atoms with Crippen LogP contribution in [0, 0.1) is 5.92 Å². The zero-order valence-electron chi connectivity index (χ0n) is 23.2. The minimum atomic E-state index is -4.41. The molecular formula is C29H32F3N3O5S. The van der Waals surface area contributed by atoms with E-state index in [-0.39, 0.29) is 23.6 Å². The van der Waals surface area contributed by atoms with E-state index in [0.29, 0.717) is 28.5 Å². The molecule has 1 fully saturated rings. The van der Waals surface area contributed by atoms with Crippen LogP contribution in [-0.2, 0) is 14.3 Å². The highest BCUT2D eigenvalue weighted by Gasteiger charge is 2.47. The Labute approximate surface area is 240 Å². The van der Waals surface area contributed by atoms with Gasteiger partial charge in [0.1, 0.15) is 17.2 Å². The van der Waals surface area contributed by atoms with Crippen molar-refractivity contribution in [3.8, 4) is 16.2 Å². The maximum atomic E-state index is 14.1. The summed E-state index contributed by atoms with van der Waals surface area (Å²) in [6, 6.07) is 12.9. The molecule has 0 amide bonds. The van der Waals surface area contributed by atoms with Crippen LogP contribution in [0.1, 0.15) is 36.9 Å². The number of ether oxygens (including phenoxy) is 3. The van der Waals surface area contributed by atoms with Gasteiger partial charge in [-0.05, 0) is 63.1 Å². The Hall–Kier alpha value is -3.80. The summed E-state index contributed by atoms with van der Waals surface area (Å²) in [4.78, 5) is 31.2. The molecule has 0 bridgehead atoms. The highest BCUT2D eigenvalue weighted by Crippen LogP contribution is 2.39. The molecule has 0 spiro atoms. The number of aromatic nitrogens is 1. The molecule has 220 valence electrons. The number of hydrogen-bond acceptors (Lipinski definition) is 9. The van der Waals surface area contributed by atoms with Crippen LogP contribution in [0.25, 0.3) is 10.4 Å². The number of pyridine rings is 1. The summed E-state index contributed by atoms with van der Waals surface area (Å²) < 4.78 is 58.1. The molecule has 0 radical (unpaired) electrons. The van der Waals surface area contributed by atoms with Gasteiger partial charge in [-0.3, -0.25) is 0 Å². The molecule has 3 aromatic rings. The van der Waals surface area contributed by atoms with Crippen LogP contribution >= 0.6 is 11.3 Å². The minimum Gasteiger partial charge on any atom is -0.480 e. The standard InChI is InChI=1S/C29H32F3N3O5S/c1-28(2,3)40-25(36)17-39-22-15-23(41-26(22)27(37)38-4)18-8-7-9-19(14-18)34-21-11-13-35(16-20(21)29(30,31)32)24-10-5-6-12-33-24/h5-10,12,14-15,20-21,34H,11,13,16-17H2,1-4H3. The highest BCUT2D eigenvalue weighted by molar-refractivity contribution is 7.17. The lowest BCUT2D eigenvalue weighted by Gasteiger charge is -2.40. The Morgan fingerprint density at radius 3 is 2.56 bits per heavy atom. The van der Waals surface area contributed by atoms with Gasteiger partial charge in [0.05, 0.1) is 13.0 Å². The Morgan fingerprint density at radius 2 is 1.90 bits per heavy atom. The van der Waals surface area contributed by atoms with Gasteiger partial charge in [-0.1, -0.05) is 18.2 Å². The number of anilines is 2. The molecule has 0 aliphatic carbocycles. The van der Waals surface area contributed by atoms with Crippen molar-refractivity contribution in [3.63, 3.8) is 0 Å². The van der Waals surface area contributed by atoms with E-state index in [0.717, 1.165) is 11.3 Å². The number of hydrogen-bond donors (Lipinski definition) is 1. The monoisotopic (exact) mass is 591 g/mol. The number of methoxy groups -OCH3 is 1. The minimum absolute atomic E-state index is 0.153. The molecule has 2 unspecified atom stereocenters. The molecule has 41 heavy (non-hydrogen) atoms. The topological polar surface area (TPSA) is 90.0 Å². The van der Waals surface area contributed by atoms with Crippen molar-refractivity contribution in [1.82, 2.24) is 4.98 Å². The highest BCUT2D eigenvalue weighted by atomic mass is 32.1. The number of piperidine rings is 1. The van der Waals surface area contributed by atoms with Crippen molar-refractivity contribution in [2.45, 2.75) is 45.0 Å². The molecule has 8 nitrogen and oxygen atoms in total. The molecular weight excluding hydrogens is 559 g/mol. The molecule has 1 aliphatic rings. The fourth-order valence-corrected chi connectivity index (χ4v) is 5.56. The van der Waals surface area contributed by atoms with E-state index in [4.69, 9.17) is 14.2 Å². The van der Waals surface area contributed by atoms with Gasteiger partial charge in [-0.15, -0.1) is 11.3 Å². The van der Waals surface area contributed by atoms with E-state index >= 15 is 0 Å². The summed E-state index contributed by atoms with van der Waals surface area (Å²) in [6.07, 6.45) is -2.58. The molecule has 12 heteroatoms. The number of nitrogens with one attached hydrogen (secondary N) is 1. The van der Waals surface area contributed by atoms with Crippen molar-refractivity contribution in [2.24, 2.45) is 5.92 Å². The molecule has 2 aromatic heterocycles. The number of alkyl halides is 3. The molecule has 1 N–H and O–H groups in total. The zero-order valence-corrected chi connectivity index (χ0v) is 24.0. The number of thiophene rings is 1. The molecule has 3 heterocycles. The van der Waals surface area contributed by atoms with E-state index in [9.17, 15) is 22.8 Å². The third-order valence-corrected chi connectivity index (χ3v) is 7.49. The van der Waals surface area contributed by atoms with Crippen LogP contribution in [0.2, 0.25) is 0 Å². The zero-order chi connectivity index (χ0) is 29.8. The van der Waals surface area contributed by atoms with Crippen LogP contribution in [0.3, 0.4) is 0 Å². The number of carbonyl (C=O) groups excluding carboxylic acids is 2. The summed E-state index contributed by atoms with van der Waals surface area (Å²) in [5.74, 6) is -2.17. The average molecular weight is 592 g/mol. The molecule has 2 atom stereocenters. The third kappa shape index (κ3) is 7.90. The molecule has 1 aliphatic heterocycles. The number of benzene rings is 1. The van der Waals surface area contributed by atoms with Crippen molar-refractivity contribution >= 4 is 34.8 Å². The molecule has 4 rings (SSSR count). The average Bonchev–Trinajstić information content (AvgIpc) is 3.35. The van der Waals surface area contributed by atoms with E-state index in [2.05, 4.69) is 10.3 Å². The third-order valence-electron chi connectivity index (χ3n) is 6.34. The first-order valence-corrected chi connectivity index (χ1v) is 13.8. The van der Waals surface area contributed by atoms with Crippen LogP contribution in [-0.4, -0.2) is 61.5 Å². The Kier molecular flexibility index (Phi) is 9.11. The van der Waals surface area contributed by atoms with Crippen molar-refractivity contribution in [3.05, 3.63) is 59.6 Å². The first-order valence-electron chi connectivity index (χ1n) is 13.0. The maximum Gasteiger partial charge on any atom is 0.395 e. The number of nitrogens with zero attached hydrogens (tertiary/aromatic N) is 2.